The number of hydrogen-bond acceptors (Lipinski definition) is 7. The number of nitriles is 1. The van der Waals surface area contributed by atoms with Crippen molar-refractivity contribution in [1.29, 1.82) is 5.26 Å². The van der Waals surface area contributed by atoms with Crippen LogP contribution in [0.5, 0.6) is 5.75 Å². The summed E-state index contributed by atoms with van der Waals surface area (Å²) in [5.41, 5.74) is 8.14. The molecule has 7 heteroatoms. The van der Waals surface area contributed by atoms with E-state index in [0.717, 1.165) is 16.9 Å². The highest BCUT2D eigenvalue weighted by atomic mass is 16.5. The molecule has 1 unspecified atom stereocenters. The normalized spacial score (nSPS) is 16.7. The third-order valence-electron chi connectivity index (χ3n) is 4.31. The average molecular weight is 385 g/mol. The molecule has 1 aromatic carbocycles. The van der Waals surface area contributed by atoms with E-state index in [9.17, 15) is 10.1 Å². The van der Waals surface area contributed by atoms with Crippen LogP contribution in [0.3, 0.4) is 0 Å². The molecule has 0 radical (unpaired) electrons. The average Bonchev–Trinajstić information content (AvgIpc) is 2.62. The number of esters is 1. The van der Waals surface area contributed by atoms with Crippen molar-refractivity contribution < 1.29 is 19.0 Å². The topological polar surface area (TPSA) is 97.8 Å². The maximum absolute atomic E-state index is 12.6. The first-order chi connectivity index (χ1) is 13.3. The number of ether oxygens (including phenoxy) is 3. The Morgan fingerprint density at radius 2 is 2.04 bits per heavy atom. The van der Waals surface area contributed by atoms with E-state index in [1.165, 1.54) is 0 Å². The Bertz CT molecular complexity index is 850. The maximum atomic E-state index is 12.6. The van der Waals surface area contributed by atoms with Crippen LogP contribution in [0.25, 0.3) is 0 Å². The molecule has 1 aliphatic rings. The second-order valence-corrected chi connectivity index (χ2v) is 6.65. The standard InChI is InChI=1S/C21H27N3O4/c1-6-26-17-9-8-14(10-15(17)12-24(4)5)19-16(11-22)20(23)28-13(3)18(19)21(25)27-7-2/h8-10,19H,6-7,12,23H2,1-5H3. The van der Waals surface area contributed by atoms with Gasteiger partial charge in [-0.3, -0.25) is 0 Å². The molecule has 0 bridgehead atoms. The fourth-order valence-corrected chi connectivity index (χ4v) is 3.23. The summed E-state index contributed by atoms with van der Waals surface area (Å²) in [6.07, 6.45) is 0. The van der Waals surface area contributed by atoms with Crippen molar-refractivity contribution in [3.8, 4) is 11.8 Å². The van der Waals surface area contributed by atoms with Crippen LogP contribution in [0.15, 0.2) is 41.0 Å². The number of allylic oxidation sites excluding steroid dienone is 2. The van der Waals surface area contributed by atoms with Crippen molar-refractivity contribution in [2.24, 2.45) is 5.73 Å². The highest BCUT2D eigenvalue weighted by Crippen LogP contribution is 2.40. The second kappa shape index (κ2) is 9.29. The zero-order valence-electron chi connectivity index (χ0n) is 17.0. The predicted octanol–water partition coefficient (Wildman–Crippen LogP) is 2.79. The fourth-order valence-electron chi connectivity index (χ4n) is 3.23. The summed E-state index contributed by atoms with van der Waals surface area (Å²) in [7, 11) is 3.92. The van der Waals surface area contributed by atoms with Gasteiger partial charge < -0.3 is 24.8 Å². The smallest absolute Gasteiger partial charge is 0.338 e. The van der Waals surface area contributed by atoms with Crippen molar-refractivity contribution in [1.82, 2.24) is 4.90 Å². The molecule has 0 spiro atoms. The van der Waals surface area contributed by atoms with Gasteiger partial charge >= 0.3 is 5.97 Å². The van der Waals surface area contributed by atoms with Crippen molar-refractivity contribution >= 4 is 5.97 Å². The number of benzene rings is 1. The van der Waals surface area contributed by atoms with E-state index < -0.39 is 11.9 Å². The van der Waals surface area contributed by atoms with Gasteiger partial charge in [-0.05, 0) is 52.6 Å². The van der Waals surface area contributed by atoms with E-state index in [1.807, 2.05) is 44.1 Å². The third-order valence-corrected chi connectivity index (χ3v) is 4.31. The number of nitrogens with zero attached hydrogens (tertiary/aromatic N) is 2. The molecule has 0 saturated carbocycles. The number of carbonyl (C=O) groups excluding carboxylic acids is 1. The Morgan fingerprint density at radius 3 is 2.61 bits per heavy atom. The number of rotatable bonds is 7. The van der Waals surface area contributed by atoms with Crippen LogP contribution >= 0.6 is 0 Å². The summed E-state index contributed by atoms with van der Waals surface area (Å²) < 4.78 is 16.4. The monoisotopic (exact) mass is 385 g/mol. The van der Waals surface area contributed by atoms with Gasteiger partial charge in [-0.2, -0.15) is 5.26 Å². The minimum absolute atomic E-state index is 0.00101. The molecule has 28 heavy (non-hydrogen) atoms. The van der Waals surface area contributed by atoms with E-state index in [1.54, 1.807) is 13.8 Å². The first-order valence-electron chi connectivity index (χ1n) is 9.19. The molecule has 0 fully saturated rings. The lowest BCUT2D eigenvalue weighted by molar-refractivity contribution is -0.139. The number of hydrogen-bond donors (Lipinski definition) is 1. The number of carbonyl (C=O) groups is 1. The minimum atomic E-state index is -0.658. The molecule has 0 amide bonds. The molecule has 1 aromatic rings. The van der Waals surface area contributed by atoms with Crippen molar-refractivity contribution in [3.63, 3.8) is 0 Å². The summed E-state index contributed by atoms with van der Waals surface area (Å²) in [4.78, 5) is 14.6. The highest BCUT2D eigenvalue weighted by molar-refractivity contribution is 5.92. The number of nitrogens with two attached hydrogens (primary N) is 1. The maximum Gasteiger partial charge on any atom is 0.338 e. The van der Waals surface area contributed by atoms with Gasteiger partial charge in [-0.25, -0.2) is 4.79 Å². The van der Waals surface area contributed by atoms with E-state index in [0.29, 0.717) is 18.9 Å². The van der Waals surface area contributed by atoms with Crippen LogP contribution in [-0.2, 0) is 20.8 Å². The van der Waals surface area contributed by atoms with Gasteiger partial charge in [0, 0.05) is 12.1 Å². The fraction of sp³-hybridized carbons (Fsp3) is 0.429. The molecule has 1 aliphatic heterocycles. The Morgan fingerprint density at radius 1 is 1.32 bits per heavy atom. The molecule has 150 valence electrons. The zero-order chi connectivity index (χ0) is 20.8. The first kappa shape index (κ1) is 21.3. The second-order valence-electron chi connectivity index (χ2n) is 6.65. The first-order valence-corrected chi connectivity index (χ1v) is 9.19. The summed E-state index contributed by atoms with van der Waals surface area (Å²) in [6.45, 7) is 6.71. The highest BCUT2D eigenvalue weighted by Gasteiger charge is 2.36. The van der Waals surface area contributed by atoms with E-state index in [-0.39, 0.29) is 23.6 Å². The zero-order valence-corrected chi connectivity index (χ0v) is 17.0. The van der Waals surface area contributed by atoms with Gasteiger partial charge in [-0.1, -0.05) is 6.07 Å². The third kappa shape index (κ3) is 4.46. The van der Waals surface area contributed by atoms with Crippen molar-refractivity contribution in [2.45, 2.75) is 33.2 Å². The van der Waals surface area contributed by atoms with Crippen molar-refractivity contribution in [3.05, 3.63) is 52.1 Å². The Hall–Kier alpha value is -2.98. The Labute approximate surface area is 166 Å². The van der Waals surface area contributed by atoms with Gasteiger partial charge in [0.2, 0.25) is 5.88 Å². The SMILES string of the molecule is CCOC(=O)C1=C(C)OC(N)=C(C#N)C1c1ccc(OCC)c(CN(C)C)c1. The minimum Gasteiger partial charge on any atom is -0.494 e. The van der Waals surface area contributed by atoms with Crippen LogP contribution in [0.2, 0.25) is 0 Å². The van der Waals surface area contributed by atoms with Gasteiger partial charge in [0.05, 0.1) is 24.7 Å². The summed E-state index contributed by atoms with van der Waals surface area (Å²) in [5, 5.41) is 9.69. The van der Waals surface area contributed by atoms with E-state index >= 15 is 0 Å². The van der Waals surface area contributed by atoms with Gasteiger partial charge in [0.25, 0.3) is 0 Å². The van der Waals surface area contributed by atoms with Crippen molar-refractivity contribution in [2.75, 3.05) is 27.3 Å². The molecular weight excluding hydrogens is 358 g/mol. The summed E-state index contributed by atoms with van der Waals surface area (Å²) >= 11 is 0. The molecular formula is C21H27N3O4. The van der Waals surface area contributed by atoms with Crippen LogP contribution in [0.1, 0.15) is 37.8 Å². The predicted molar refractivity (Wildman–Crippen MR) is 105 cm³/mol. The quantitative estimate of drug-likeness (QED) is 0.721. The van der Waals surface area contributed by atoms with E-state index in [2.05, 4.69) is 6.07 Å². The largest absolute Gasteiger partial charge is 0.494 e. The lowest BCUT2D eigenvalue weighted by Gasteiger charge is -2.27. The van der Waals surface area contributed by atoms with Gasteiger partial charge in [-0.15, -0.1) is 0 Å². The van der Waals surface area contributed by atoms with Crippen LogP contribution in [0.4, 0.5) is 0 Å². The Balaban J connectivity index is 2.63. The van der Waals surface area contributed by atoms with Crippen LogP contribution in [-0.4, -0.2) is 38.2 Å². The van der Waals surface area contributed by atoms with Crippen LogP contribution < -0.4 is 10.5 Å². The molecule has 0 aromatic heterocycles. The lowest BCUT2D eigenvalue weighted by atomic mass is 9.82. The van der Waals surface area contributed by atoms with Gasteiger partial charge in [0.1, 0.15) is 23.2 Å². The molecule has 2 N–H and O–H groups in total. The molecule has 2 rings (SSSR count). The molecule has 1 atom stereocenters. The lowest BCUT2D eigenvalue weighted by Crippen LogP contribution is -2.25. The molecule has 0 saturated heterocycles. The van der Waals surface area contributed by atoms with Gasteiger partial charge in [0.15, 0.2) is 0 Å². The Kier molecular flexibility index (Phi) is 7.07. The molecule has 0 aliphatic carbocycles. The summed E-state index contributed by atoms with van der Waals surface area (Å²) in [5.74, 6) is -0.0763. The molecule has 7 nitrogen and oxygen atoms in total. The van der Waals surface area contributed by atoms with Crippen LogP contribution in [0, 0.1) is 11.3 Å². The van der Waals surface area contributed by atoms with E-state index in [4.69, 9.17) is 19.9 Å². The molecule has 1 heterocycles. The summed E-state index contributed by atoms with van der Waals surface area (Å²) in [6, 6.07) is 7.74.